The maximum absolute atomic E-state index is 12.6. The van der Waals surface area contributed by atoms with Crippen LogP contribution < -0.4 is 5.32 Å². The highest BCUT2D eigenvalue weighted by molar-refractivity contribution is 5.96. The van der Waals surface area contributed by atoms with Gasteiger partial charge in [-0.2, -0.15) is 5.10 Å². The number of anilines is 1. The van der Waals surface area contributed by atoms with Crippen molar-refractivity contribution in [1.29, 1.82) is 0 Å². The van der Waals surface area contributed by atoms with Crippen molar-refractivity contribution in [2.24, 2.45) is 5.92 Å². The number of aromatic nitrogens is 2. The standard InChI is InChI=1S/C19H24N4O2/c1-2-3-11-23-17(9-10-20-23)21-19(25)16-12-18(24)22(14-16)13-15-7-5-4-6-8-15/h4-10,16H,2-3,11-14H2,1H3,(H,21,25). The fourth-order valence-corrected chi connectivity index (χ4v) is 3.06. The van der Waals surface area contributed by atoms with Gasteiger partial charge in [0.15, 0.2) is 0 Å². The quantitative estimate of drug-likeness (QED) is 0.842. The molecule has 25 heavy (non-hydrogen) atoms. The van der Waals surface area contributed by atoms with Crippen LogP contribution in [0, 0.1) is 5.92 Å². The van der Waals surface area contributed by atoms with Crippen LogP contribution in [0.15, 0.2) is 42.6 Å². The van der Waals surface area contributed by atoms with Crippen LogP contribution in [-0.2, 0) is 22.7 Å². The Bertz CT molecular complexity index is 726. The lowest BCUT2D eigenvalue weighted by Crippen LogP contribution is -2.28. The largest absolute Gasteiger partial charge is 0.338 e. The predicted molar refractivity (Wildman–Crippen MR) is 95.7 cm³/mol. The number of amides is 2. The summed E-state index contributed by atoms with van der Waals surface area (Å²) in [5, 5.41) is 7.17. The van der Waals surface area contributed by atoms with Crippen LogP contribution >= 0.6 is 0 Å². The molecule has 6 nitrogen and oxygen atoms in total. The number of nitrogens with one attached hydrogen (secondary N) is 1. The molecule has 1 atom stereocenters. The molecule has 1 aliphatic heterocycles. The predicted octanol–water partition coefficient (Wildman–Crippen LogP) is 2.67. The topological polar surface area (TPSA) is 67.2 Å². The van der Waals surface area contributed by atoms with E-state index in [1.807, 2.05) is 30.3 Å². The van der Waals surface area contributed by atoms with Crippen molar-refractivity contribution < 1.29 is 9.59 Å². The monoisotopic (exact) mass is 340 g/mol. The molecule has 1 saturated heterocycles. The van der Waals surface area contributed by atoms with Gasteiger partial charge < -0.3 is 10.2 Å². The van der Waals surface area contributed by atoms with Crippen LogP contribution in [0.2, 0.25) is 0 Å². The van der Waals surface area contributed by atoms with Crippen LogP contribution in [0.1, 0.15) is 31.7 Å². The summed E-state index contributed by atoms with van der Waals surface area (Å²) in [5.41, 5.74) is 1.08. The summed E-state index contributed by atoms with van der Waals surface area (Å²) < 4.78 is 1.81. The molecular weight excluding hydrogens is 316 g/mol. The number of carbonyl (C=O) groups is 2. The number of unbranched alkanes of at least 4 members (excludes halogenated alkanes) is 1. The van der Waals surface area contributed by atoms with Crippen LogP contribution in [0.5, 0.6) is 0 Å². The van der Waals surface area contributed by atoms with Crippen molar-refractivity contribution in [2.45, 2.75) is 39.3 Å². The van der Waals surface area contributed by atoms with Crippen LogP contribution in [0.4, 0.5) is 5.82 Å². The van der Waals surface area contributed by atoms with Crippen molar-refractivity contribution >= 4 is 17.6 Å². The molecular formula is C19H24N4O2. The molecule has 1 N–H and O–H groups in total. The highest BCUT2D eigenvalue weighted by Gasteiger charge is 2.34. The maximum atomic E-state index is 12.6. The van der Waals surface area contributed by atoms with Gasteiger partial charge in [0.05, 0.1) is 12.1 Å². The zero-order valence-corrected chi connectivity index (χ0v) is 14.5. The molecule has 132 valence electrons. The number of likely N-dealkylation sites (tertiary alicyclic amines) is 1. The van der Waals surface area contributed by atoms with E-state index in [1.165, 1.54) is 0 Å². The van der Waals surface area contributed by atoms with Gasteiger partial charge in [-0.3, -0.25) is 9.59 Å². The Morgan fingerprint density at radius 3 is 2.84 bits per heavy atom. The molecule has 2 aromatic rings. The summed E-state index contributed by atoms with van der Waals surface area (Å²) in [6, 6.07) is 11.6. The van der Waals surface area contributed by atoms with Gasteiger partial charge in [-0.25, -0.2) is 4.68 Å². The first-order valence-corrected chi connectivity index (χ1v) is 8.81. The average Bonchev–Trinajstić information content (AvgIpc) is 3.21. The number of carbonyl (C=O) groups excluding carboxylic acids is 2. The summed E-state index contributed by atoms with van der Waals surface area (Å²) in [7, 11) is 0. The van der Waals surface area contributed by atoms with Gasteiger partial charge in [-0.05, 0) is 12.0 Å². The van der Waals surface area contributed by atoms with Crippen molar-refractivity contribution in [1.82, 2.24) is 14.7 Å². The Hall–Kier alpha value is -2.63. The molecule has 0 spiro atoms. The lowest BCUT2D eigenvalue weighted by atomic mass is 10.1. The molecule has 1 aliphatic rings. The zero-order chi connectivity index (χ0) is 17.6. The lowest BCUT2D eigenvalue weighted by Gasteiger charge is -2.17. The molecule has 0 saturated carbocycles. The lowest BCUT2D eigenvalue weighted by molar-refractivity contribution is -0.128. The molecule has 0 aliphatic carbocycles. The van der Waals surface area contributed by atoms with Gasteiger partial charge in [-0.1, -0.05) is 43.7 Å². The Morgan fingerprint density at radius 1 is 1.28 bits per heavy atom. The summed E-state index contributed by atoms with van der Waals surface area (Å²) in [6.45, 7) is 3.91. The first kappa shape index (κ1) is 17.2. The summed E-state index contributed by atoms with van der Waals surface area (Å²) in [4.78, 5) is 26.5. The number of rotatable bonds is 7. The van der Waals surface area contributed by atoms with E-state index in [2.05, 4.69) is 17.3 Å². The highest BCUT2D eigenvalue weighted by atomic mass is 16.2. The van der Waals surface area contributed by atoms with Crippen molar-refractivity contribution in [3.8, 4) is 0 Å². The Morgan fingerprint density at radius 2 is 2.08 bits per heavy atom. The molecule has 6 heteroatoms. The molecule has 2 heterocycles. The Kier molecular flexibility index (Phi) is 5.48. The smallest absolute Gasteiger partial charge is 0.230 e. The van der Waals surface area contributed by atoms with E-state index >= 15 is 0 Å². The third kappa shape index (κ3) is 4.26. The SMILES string of the molecule is CCCCn1nccc1NC(=O)C1CC(=O)N(Cc2ccccc2)C1. The van der Waals surface area contributed by atoms with Crippen molar-refractivity contribution in [2.75, 3.05) is 11.9 Å². The molecule has 1 aromatic heterocycles. The Balaban J connectivity index is 1.58. The third-order valence-electron chi connectivity index (χ3n) is 4.49. The van der Waals surface area contributed by atoms with Crippen LogP contribution in [-0.4, -0.2) is 33.0 Å². The minimum atomic E-state index is -0.314. The van der Waals surface area contributed by atoms with E-state index in [0.717, 1.165) is 24.9 Å². The molecule has 3 rings (SSSR count). The number of benzene rings is 1. The third-order valence-corrected chi connectivity index (χ3v) is 4.49. The van der Waals surface area contributed by atoms with E-state index in [0.29, 0.717) is 18.9 Å². The fraction of sp³-hybridized carbons (Fsp3) is 0.421. The minimum absolute atomic E-state index is 0.0310. The van der Waals surface area contributed by atoms with Gasteiger partial charge in [0, 0.05) is 32.1 Å². The number of aryl methyl sites for hydroxylation is 1. The second kappa shape index (κ2) is 7.96. The van der Waals surface area contributed by atoms with E-state index in [9.17, 15) is 9.59 Å². The van der Waals surface area contributed by atoms with Gasteiger partial charge in [0.25, 0.3) is 0 Å². The second-order valence-corrected chi connectivity index (χ2v) is 6.44. The second-order valence-electron chi connectivity index (χ2n) is 6.44. The minimum Gasteiger partial charge on any atom is -0.338 e. The molecule has 1 unspecified atom stereocenters. The van der Waals surface area contributed by atoms with E-state index in [1.54, 1.807) is 21.8 Å². The van der Waals surface area contributed by atoms with Crippen LogP contribution in [0.25, 0.3) is 0 Å². The average molecular weight is 340 g/mol. The fourth-order valence-electron chi connectivity index (χ4n) is 3.06. The summed E-state index contributed by atoms with van der Waals surface area (Å²) >= 11 is 0. The van der Waals surface area contributed by atoms with Gasteiger partial charge >= 0.3 is 0 Å². The van der Waals surface area contributed by atoms with E-state index in [4.69, 9.17) is 0 Å². The highest BCUT2D eigenvalue weighted by Crippen LogP contribution is 2.22. The normalized spacial score (nSPS) is 17.1. The molecule has 0 radical (unpaired) electrons. The molecule has 0 bridgehead atoms. The van der Waals surface area contributed by atoms with E-state index in [-0.39, 0.29) is 24.2 Å². The van der Waals surface area contributed by atoms with Crippen molar-refractivity contribution in [3.63, 3.8) is 0 Å². The van der Waals surface area contributed by atoms with Crippen molar-refractivity contribution in [3.05, 3.63) is 48.2 Å². The molecule has 1 fully saturated rings. The van der Waals surface area contributed by atoms with Gasteiger partial charge in [0.1, 0.15) is 5.82 Å². The number of hydrogen-bond acceptors (Lipinski definition) is 3. The maximum Gasteiger partial charge on any atom is 0.230 e. The first-order chi connectivity index (χ1) is 12.2. The summed E-state index contributed by atoms with van der Waals surface area (Å²) in [5.74, 6) is 0.309. The van der Waals surface area contributed by atoms with Crippen LogP contribution in [0.3, 0.4) is 0 Å². The summed E-state index contributed by atoms with van der Waals surface area (Å²) in [6.07, 6.45) is 4.03. The molecule has 1 aromatic carbocycles. The van der Waals surface area contributed by atoms with Gasteiger partial charge in [-0.15, -0.1) is 0 Å². The van der Waals surface area contributed by atoms with Gasteiger partial charge in [0.2, 0.25) is 11.8 Å². The Labute approximate surface area is 147 Å². The van der Waals surface area contributed by atoms with E-state index < -0.39 is 0 Å². The number of nitrogens with zero attached hydrogens (tertiary/aromatic N) is 3. The molecule has 2 amide bonds. The first-order valence-electron chi connectivity index (χ1n) is 8.81. The zero-order valence-electron chi connectivity index (χ0n) is 14.5. The number of hydrogen-bond donors (Lipinski definition) is 1.